The van der Waals surface area contributed by atoms with Crippen LogP contribution in [0.2, 0.25) is 0 Å². The van der Waals surface area contributed by atoms with Gasteiger partial charge in [-0.15, -0.1) is 0 Å². The molecule has 0 radical (unpaired) electrons. The van der Waals surface area contributed by atoms with Crippen molar-refractivity contribution in [3.05, 3.63) is 235 Å². The maximum atomic E-state index is 14.6. The fourth-order valence-corrected chi connectivity index (χ4v) is 11.5. The lowest BCUT2D eigenvalue weighted by atomic mass is 9.97. The van der Waals surface area contributed by atoms with Gasteiger partial charge in [0.25, 0.3) is 0 Å². The van der Waals surface area contributed by atoms with Gasteiger partial charge in [0, 0.05) is 54.5 Å². The normalized spacial score (nSPS) is 12.2. The minimum Gasteiger partial charge on any atom is -0.309 e. The molecular formula is C63H38F3N5. The summed E-state index contributed by atoms with van der Waals surface area (Å²) in [5.41, 5.74) is 11.9. The molecule has 0 bridgehead atoms. The molecule has 0 aliphatic heterocycles. The summed E-state index contributed by atoms with van der Waals surface area (Å²) < 4.78 is 53.0. The van der Waals surface area contributed by atoms with Crippen LogP contribution >= 0.6 is 0 Å². The number of alkyl halides is 3. The van der Waals surface area contributed by atoms with Crippen molar-refractivity contribution in [3.63, 3.8) is 0 Å². The summed E-state index contributed by atoms with van der Waals surface area (Å²) in [6, 6.07) is 71.4. The molecule has 71 heavy (non-hydrogen) atoms. The van der Waals surface area contributed by atoms with Gasteiger partial charge in [-0.25, -0.2) is 4.85 Å². The fraction of sp³-hybridized carbons (Fsp3) is 0.0317. The summed E-state index contributed by atoms with van der Waals surface area (Å²) in [6.07, 6.45) is -4.59. The number of hydrogen-bond acceptors (Lipinski definition) is 0. The first kappa shape index (κ1) is 40.7. The van der Waals surface area contributed by atoms with Gasteiger partial charge in [-0.1, -0.05) is 127 Å². The third kappa shape index (κ3) is 6.00. The zero-order chi connectivity index (χ0) is 47.7. The molecule has 5 nitrogen and oxygen atoms in total. The third-order valence-electron chi connectivity index (χ3n) is 14.4. The zero-order valence-electron chi connectivity index (χ0n) is 38.1. The number of aromatic nitrogens is 4. The van der Waals surface area contributed by atoms with Crippen LogP contribution in [0.5, 0.6) is 0 Å². The second-order valence-corrected chi connectivity index (χ2v) is 18.4. The topological polar surface area (TPSA) is 24.1 Å². The Morgan fingerprint density at radius 1 is 0.366 bits per heavy atom. The summed E-state index contributed by atoms with van der Waals surface area (Å²) in [6.45, 7) is 10.4. The van der Waals surface area contributed by atoms with Crippen LogP contribution in [0.1, 0.15) is 11.1 Å². The second kappa shape index (κ2) is 15.1. The van der Waals surface area contributed by atoms with E-state index in [1.807, 2.05) is 36.4 Å². The molecule has 0 saturated heterocycles. The van der Waals surface area contributed by atoms with E-state index in [1.54, 1.807) is 13.0 Å². The van der Waals surface area contributed by atoms with Crippen LogP contribution in [0.4, 0.5) is 18.9 Å². The lowest BCUT2D eigenvalue weighted by Gasteiger charge is -2.21. The van der Waals surface area contributed by atoms with Gasteiger partial charge >= 0.3 is 6.18 Å². The minimum absolute atomic E-state index is 0.235. The Labute approximate surface area is 404 Å². The van der Waals surface area contributed by atoms with Gasteiger partial charge in [0.1, 0.15) is 0 Å². The summed E-state index contributed by atoms with van der Waals surface area (Å²) >= 11 is 0. The first-order chi connectivity index (χ1) is 34.7. The summed E-state index contributed by atoms with van der Waals surface area (Å²) in [5.74, 6) is 0. The summed E-state index contributed by atoms with van der Waals surface area (Å²) in [4.78, 5) is 4.12. The molecule has 0 amide bonds. The van der Waals surface area contributed by atoms with E-state index in [1.165, 1.54) is 6.07 Å². The van der Waals surface area contributed by atoms with Crippen LogP contribution in [0.15, 0.2) is 212 Å². The molecule has 10 aromatic carbocycles. The molecule has 0 spiro atoms. The number of fused-ring (bicyclic) bond motifs is 12. The highest BCUT2D eigenvalue weighted by molar-refractivity contribution is 6.15. The van der Waals surface area contributed by atoms with Gasteiger partial charge in [0.2, 0.25) is 0 Å². The number of hydrogen-bond donors (Lipinski definition) is 0. The lowest BCUT2D eigenvalue weighted by molar-refractivity contribution is -0.137. The van der Waals surface area contributed by atoms with Crippen molar-refractivity contribution in [3.8, 4) is 33.9 Å². The van der Waals surface area contributed by atoms with E-state index in [9.17, 15) is 13.2 Å². The molecule has 4 heterocycles. The summed E-state index contributed by atoms with van der Waals surface area (Å²) in [5, 5.41) is 8.68. The molecule has 14 rings (SSSR count). The van der Waals surface area contributed by atoms with Crippen molar-refractivity contribution in [2.75, 3.05) is 0 Å². The second-order valence-electron chi connectivity index (χ2n) is 18.4. The van der Waals surface area contributed by atoms with Gasteiger partial charge in [0.15, 0.2) is 5.69 Å². The molecule has 14 aromatic rings. The van der Waals surface area contributed by atoms with Crippen LogP contribution in [0, 0.1) is 13.5 Å². The molecule has 8 heteroatoms. The third-order valence-corrected chi connectivity index (χ3v) is 14.4. The highest BCUT2D eigenvalue weighted by atomic mass is 19.4. The van der Waals surface area contributed by atoms with Gasteiger partial charge < -0.3 is 18.3 Å². The molecule has 0 atom stereocenters. The van der Waals surface area contributed by atoms with E-state index >= 15 is 0 Å². The van der Waals surface area contributed by atoms with Gasteiger partial charge in [0.05, 0.1) is 67.6 Å². The number of nitrogens with zero attached hydrogens (tertiary/aromatic N) is 5. The van der Waals surface area contributed by atoms with Crippen molar-refractivity contribution in [2.24, 2.45) is 0 Å². The van der Waals surface area contributed by atoms with Crippen molar-refractivity contribution in [2.45, 2.75) is 13.1 Å². The number of benzene rings is 10. The molecule has 0 aliphatic rings. The SMILES string of the molecule is [C-]#[N+]c1cc(-n2c3ccccc3c3ccc(-n4c5ccccc5c5ccccc54)cc32)c(-n2c3ccccc3c3ccc(-n4c5ccccc5c5ccccc54)cc32)cc1-c1cc(C)cc(C(F)(F)F)c1. The Kier molecular flexibility index (Phi) is 8.65. The molecule has 336 valence electrons. The molecule has 0 saturated carbocycles. The van der Waals surface area contributed by atoms with E-state index in [0.29, 0.717) is 28.1 Å². The van der Waals surface area contributed by atoms with Crippen LogP contribution in [-0.2, 0) is 6.18 Å². The molecule has 4 aromatic heterocycles. The molecular weight excluding hydrogens is 884 g/mol. The minimum atomic E-state index is -4.59. The maximum absolute atomic E-state index is 14.6. The molecule has 0 fully saturated rings. The number of halogens is 3. The number of rotatable bonds is 5. The van der Waals surface area contributed by atoms with Crippen LogP contribution in [0.3, 0.4) is 0 Å². The Balaban J connectivity index is 1.12. The highest BCUT2D eigenvalue weighted by Crippen LogP contribution is 2.46. The van der Waals surface area contributed by atoms with Crippen LogP contribution < -0.4 is 0 Å². The standard InChI is InChI=1S/C63H38F3N5/c1-38-31-39(33-40(32-38)63(64,65)66)51-36-61(70-57-25-13-7-19-47(57)49-29-27-41(34-59(49)70)68-53-21-9-3-15-43(53)44-16-4-10-22-54(44)68)62(37-52(51)67-2)71-58-26-14-8-20-48(58)50-30-28-42(35-60(50)71)69-55-23-11-5-17-45(55)46-18-6-12-24-56(46)69/h3-37H,1H3. The van der Waals surface area contributed by atoms with Gasteiger partial charge in [-0.05, 0) is 109 Å². The van der Waals surface area contributed by atoms with Crippen molar-refractivity contribution >= 4 is 92.9 Å². The Morgan fingerprint density at radius 3 is 1.10 bits per heavy atom. The van der Waals surface area contributed by atoms with Crippen molar-refractivity contribution in [1.29, 1.82) is 0 Å². The molecule has 0 unspecified atom stereocenters. The van der Waals surface area contributed by atoms with E-state index < -0.39 is 11.7 Å². The Morgan fingerprint density at radius 2 is 0.718 bits per heavy atom. The van der Waals surface area contributed by atoms with Crippen molar-refractivity contribution < 1.29 is 13.2 Å². The largest absolute Gasteiger partial charge is 0.416 e. The van der Waals surface area contributed by atoms with E-state index in [0.717, 1.165) is 105 Å². The predicted molar refractivity (Wildman–Crippen MR) is 285 cm³/mol. The first-order valence-corrected chi connectivity index (χ1v) is 23.5. The van der Waals surface area contributed by atoms with Crippen LogP contribution in [-0.4, -0.2) is 18.3 Å². The van der Waals surface area contributed by atoms with Crippen molar-refractivity contribution in [1.82, 2.24) is 18.3 Å². The Hall–Kier alpha value is -9.32. The Bertz CT molecular complexity index is 4500. The molecule has 0 aliphatic carbocycles. The quantitative estimate of drug-likeness (QED) is 0.154. The van der Waals surface area contributed by atoms with Gasteiger partial charge in [-0.3, -0.25) is 0 Å². The predicted octanol–water partition coefficient (Wildman–Crippen LogP) is 17.6. The maximum Gasteiger partial charge on any atom is 0.416 e. The molecule has 0 N–H and O–H groups in total. The number of aryl methyl sites for hydroxylation is 1. The van der Waals surface area contributed by atoms with Crippen LogP contribution in [0.25, 0.3) is 126 Å². The smallest absolute Gasteiger partial charge is 0.309 e. The van der Waals surface area contributed by atoms with Gasteiger partial charge in [-0.2, -0.15) is 13.2 Å². The fourth-order valence-electron chi connectivity index (χ4n) is 11.5. The lowest BCUT2D eigenvalue weighted by Crippen LogP contribution is -2.06. The number of para-hydroxylation sites is 6. The van der Waals surface area contributed by atoms with E-state index in [4.69, 9.17) is 6.57 Å². The summed E-state index contributed by atoms with van der Waals surface area (Å²) in [7, 11) is 0. The highest BCUT2D eigenvalue weighted by Gasteiger charge is 2.32. The zero-order valence-corrected chi connectivity index (χ0v) is 38.1. The first-order valence-electron chi connectivity index (χ1n) is 23.5. The van der Waals surface area contributed by atoms with E-state index in [2.05, 4.69) is 181 Å². The average molecular weight is 922 g/mol. The average Bonchev–Trinajstić information content (AvgIpc) is 4.12. The monoisotopic (exact) mass is 921 g/mol. The van der Waals surface area contributed by atoms with E-state index in [-0.39, 0.29) is 5.69 Å².